The summed E-state index contributed by atoms with van der Waals surface area (Å²) in [4.78, 5) is 2.37. The SMILES string of the molecule is CCC(O)(CC)CN1CC(c2ccccc2)C1. The summed E-state index contributed by atoms with van der Waals surface area (Å²) in [5.41, 5.74) is 0.946. The van der Waals surface area contributed by atoms with Crippen LogP contribution in [0.25, 0.3) is 0 Å². The average molecular weight is 233 g/mol. The molecule has 2 rings (SSSR count). The molecule has 0 atom stereocenters. The van der Waals surface area contributed by atoms with Gasteiger partial charge in [-0.3, -0.25) is 4.90 Å². The molecule has 94 valence electrons. The lowest BCUT2D eigenvalue weighted by molar-refractivity contribution is -0.0251. The largest absolute Gasteiger partial charge is 0.389 e. The van der Waals surface area contributed by atoms with Crippen LogP contribution in [-0.4, -0.2) is 35.2 Å². The van der Waals surface area contributed by atoms with E-state index in [0.717, 1.165) is 32.5 Å². The number of likely N-dealkylation sites (tertiary alicyclic amines) is 1. The minimum atomic E-state index is -0.484. The third kappa shape index (κ3) is 2.88. The highest BCUT2D eigenvalue weighted by Crippen LogP contribution is 2.29. The van der Waals surface area contributed by atoms with Gasteiger partial charge in [0.2, 0.25) is 0 Å². The molecule has 0 aliphatic carbocycles. The lowest BCUT2D eigenvalue weighted by Crippen LogP contribution is -2.52. The van der Waals surface area contributed by atoms with Crippen molar-refractivity contribution in [2.45, 2.75) is 38.2 Å². The number of aliphatic hydroxyl groups is 1. The highest BCUT2D eigenvalue weighted by Gasteiger charge is 2.33. The predicted molar refractivity (Wildman–Crippen MR) is 71.2 cm³/mol. The normalized spacial score (nSPS) is 18.1. The Morgan fingerprint density at radius 2 is 1.76 bits per heavy atom. The third-order valence-corrected chi connectivity index (χ3v) is 4.06. The van der Waals surface area contributed by atoms with E-state index in [1.807, 2.05) is 0 Å². The van der Waals surface area contributed by atoms with Gasteiger partial charge in [-0.1, -0.05) is 44.2 Å². The van der Waals surface area contributed by atoms with Crippen molar-refractivity contribution >= 4 is 0 Å². The van der Waals surface area contributed by atoms with Gasteiger partial charge >= 0.3 is 0 Å². The van der Waals surface area contributed by atoms with Crippen LogP contribution in [0.15, 0.2) is 30.3 Å². The molecule has 0 unspecified atom stereocenters. The van der Waals surface area contributed by atoms with Gasteiger partial charge < -0.3 is 5.11 Å². The molecule has 1 aromatic carbocycles. The Morgan fingerprint density at radius 1 is 1.18 bits per heavy atom. The zero-order valence-corrected chi connectivity index (χ0v) is 10.9. The van der Waals surface area contributed by atoms with Crippen molar-refractivity contribution in [2.24, 2.45) is 0 Å². The summed E-state index contributed by atoms with van der Waals surface area (Å²) in [6.45, 7) is 7.14. The van der Waals surface area contributed by atoms with E-state index in [1.165, 1.54) is 5.56 Å². The van der Waals surface area contributed by atoms with E-state index < -0.39 is 5.60 Å². The summed E-state index contributed by atoms with van der Waals surface area (Å²) >= 11 is 0. The summed E-state index contributed by atoms with van der Waals surface area (Å²) in [6, 6.07) is 10.7. The van der Waals surface area contributed by atoms with Crippen molar-refractivity contribution < 1.29 is 5.11 Å². The quantitative estimate of drug-likeness (QED) is 0.845. The van der Waals surface area contributed by atoms with Crippen LogP contribution in [0, 0.1) is 0 Å². The third-order valence-electron chi connectivity index (χ3n) is 4.06. The molecule has 0 saturated carbocycles. The zero-order chi connectivity index (χ0) is 12.3. The van der Waals surface area contributed by atoms with Crippen LogP contribution in [-0.2, 0) is 0 Å². The summed E-state index contributed by atoms with van der Waals surface area (Å²) in [6.07, 6.45) is 1.69. The van der Waals surface area contributed by atoms with E-state index in [1.54, 1.807) is 0 Å². The van der Waals surface area contributed by atoms with Crippen LogP contribution in [0.3, 0.4) is 0 Å². The molecule has 1 fully saturated rings. The van der Waals surface area contributed by atoms with Gasteiger partial charge in [-0.25, -0.2) is 0 Å². The van der Waals surface area contributed by atoms with E-state index in [4.69, 9.17) is 0 Å². The molecule has 2 heteroatoms. The van der Waals surface area contributed by atoms with Crippen LogP contribution in [0.5, 0.6) is 0 Å². The number of hydrogen-bond donors (Lipinski definition) is 1. The van der Waals surface area contributed by atoms with Gasteiger partial charge in [-0.05, 0) is 18.4 Å². The molecule has 0 bridgehead atoms. The fourth-order valence-corrected chi connectivity index (χ4v) is 2.52. The molecule has 0 amide bonds. The fourth-order valence-electron chi connectivity index (χ4n) is 2.52. The summed E-state index contributed by atoms with van der Waals surface area (Å²) in [5, 5.41) is 10.3. The molecule has 2 nitrogen and oxygen atoms in total. The Balaban J connectivity index is 1.83. The monoisotopic (exact) mass is 233 g/mol. The van der Waals surface area contributed by atoms with Crippen molar-refractivity contribution in [2.75, 3.05) is 19.6 Å². The molecule has 1 heterocycles. The van der Waals surface area contributed by atoms with Crippen LogP contribution < -0.4 is 0 Å². The maximum atomic E-state index is 10.3. The Hall–Kier alpha value is -0.860. The van der Waals surface area contributed by atoms with Crippen LogP contribution in [0.1, 0.15) is 38.2 Å². The Kier molecular flexibility index (Phi) is 3.85. The van der Waals surface area contributed by atoms with Crippen LogP contribution in [0.4, 0.5) is 0 Å². The molecule has 17 heavy (non-hydrogen) atoms. The first-order valence-electron chi connectivity index (χ1n) is 6.66. The van der Waals surface area contributed by atoms with Gasteiger partial charge in [0, 0.05) is 25.6 Å². The highest BCUT2D eigenvalue weighted by atomic mass is 16.3. The standard InChI is InChI=1S/C15H23NO/c1-3-15(17,4-2)12-16-10-14(11-16)13-8-6-5-7-9-13/h5-9,14,17H,3-4,10-12H2,1-2H3. The molecule has 1 aliphatic rings. The molecule has 1 saturated heterocycles. The van der Waals surface area contributed by atoms with Crippen molar-refractivity contribution in [3.8, 4) is 0 Å². The second-order valence-electron chi connectivity index (χ2n) is 5.23. The van der Waals surface area contributed by atoms with Gasteiger partial charge in [-0.15, -0.1) is 0 Å². The van der Waals surface area contributed by atoms with Crippen LogP contribution in [0.2, 0.25) is 0 Å². The first kappa shape index (κ1) is 12.6. The molecule has 0 spiro atoms. The van der Waals surface area contributed by atoms with Gasteiger partial charge in [0.15, 0.2) is 0 Å². The maximum absolute atomic E-state index is 10.3. The maximum Gasteiger partial charge on any atom is 0.0768 e. The molecule has 0 aromatic heterocycles. The highest BCUT2D eigenvalue weighted by molar-refractivity contribution is 5.22. The number of nitrogens with zero attached hydrogens (tertiary/aromatic N) is 1. The molecule has 1 aromatic rings. The first-order chi connectivity index (χ1) is 8.17. The van der Waals surface area contributed by atoms with Gasteiger partial charge in [0.25, 0.3) is 0 Å². The van der Waals surface area contributed by atoms with Crippen molar-refractivity contribution in [3.63, 3.8) is 0 Å². The lowest BCUT2D eigenvalue weighted by atomic mass is 9.88. The first-order valence-corrected chi connectivity index (χ1v) is 6.66. The smallest absolute Gasteiger partial charge is 0.0768 e. The minimum Gasteiger partial charge on any atom is -0.389 e. The average Bonchev–Trinajstić information content (AvgIpc) is 2.34. The lowest BCUT2D eigenvalue weighted by Gasteiger charge is -2.43. The minimum absolute atomic E-state index is 0.484. The van der Waals surface area contributed by atoms with E-state index in [0.29, 0.717) is 5.92 Å². The van der Waals surface area contributed by atoms with Crippen molar-refractivity contribution in [1.29, 1.82) is 0 Å². The van der Waals surface area contributed by atoms with E-state index in [-0.39, 0.29) is 0 Å². The Labute approximate surface area is 104 Å². The summed E-state index contributed by atoms with van der Waals surface area (Å²) in [7, 11) is 0. The van der Waals surface area contributed by atoms with Gasteiger partial charge in [0.05, 0.1) is 5.60 Å². The number of β-amino-alcohol motifs (C(OH)–C–C–N with tert-alkyl or cyclic N) is 1. The summed E-state index contributed by atoms with van der Waals surface area (Å²) in [5.74, 6) is 0.661. The zero-order valence-electron chi connectivity index (χ0n) is 10.9. The van der Waals surface area contributed by atoms with Gasteiger partial charge in [-0.2, -0.15) is 0 Å². The molecule has 1 aliphatic heterocycles. The fraction of sp³-hybridized carbons (Fsp3) is 0.600. The number of hydrogen-bond acceptors (Lipinski definition) is 2. The van der Waals surface area contributed by atoms with E-state index >= 15 is 0 Å². The van der Waals surface area contributed by atoms with E-state index in [9.17, 15) is 5.11 Å². The Bertz CT molecular complexity index is 339. The topological polar surface area (TPSA) is 23.5 Å². The number of rotatable bonds is 5. The van der Waals surface area contributed by atoms with Crippen molar-refractivity contribution in [1.82, 2.24) is 4.90 Å². The molecular formula is C15H23NO. The van der Waals surface area contributed by atoms with Crippen LogP contribution >= 0.6 is 0 Å². The molecule has 1 N–H and O–H groups in total. The second-order valence-corrected chi connectivity index (χ2v) is 5.23. The molecule has 0 radical (unpaired) electrons. The van der Waals surface area contributed by atoms with Gasteiger partial charge in [0.1, 0.15) is 0 Å². The number of benzene rings is 1. The Morgan fingerprint density at radius 3 is 2.29 bits per heavy atom. The summed E-state index contributed by atoms with van der Waals surface area (Å²) < 4.78 is 0. The second kappa shape index (κ2) is 5.19. The van der Waals surface area contributed by atoms with E-state index in [2.05, 4.69) is 49.1 Å². The molecular weight excluding hydrogens is 210 g/mol. The van der Waals surface area contributed by atoms with Crippen molar-refractivity contribution in [3.05, 3.63) is 35.9 Å². The predicted octanol–water partition coefficient (Wildman–Crippen LogP) is 2.64.